The average Bonchev–Trinajstić information content (AvgIpc) is 1.56. The van der Waals surface area contributed by atoms with Gasteiger partial charge in [0.05, 0.1) is 68.3 Å². The highest BCUT2D eigenvalue weighted by molar-refractivity contribution is 6.14. The molecule has 17 aromatic rings. The van der Waals surface area contributed by atoms with E-state index in [1.165, 1.54) is 0 Å². The number of hydrogen-bond acceptors (Lipinski definition) is 6. The van der Waals surface area contributed by atoms with Gasteiger partial charge >= 0.3 is 0 Å². The zero-order chi connectivity index (χ0) is 65.6. The van der Waals surface area contributed by atoms with Gasteiger partial charge in [0.2, 0.25) is 0 Å². The van der Waals surface area contributed by atoms with Gasteiger partial charge < -0.3 is 9.13 Å². The number of nitrogens with zero attached hydrogens (tertiary/aromatic N) is 8. The van der Waals surface area contributed by atoms with Crippen LogP contribution in [-0.4, -0.2) is 24.1 Å². The van der Waals surface area contributed by atoms with Crippen LogP contribution < -0.4 is 0 Å². The van der Waals surface area contributed by atoms with Crippen LogP contribution in [0.25, 0.3) is 167 Å². The summed E-state index contributed by atoms with van der Waals surface area (Å²) in [4.78, 5) is 17.1. The van der Waals surface area contributed by atoms with Crippen molar-refractivity contribution < 1.29 is 0 Å². The van der Waals surface area contributed by atoms with E-state index < -0.39 is 0 Å². The monoisotopic (exact) mass is 1250 g/mol. The topological polar surface area (TPSA) is 120 Å². The molecule has 14 aromatic carbocycles. The Bertz CT molecular complexity index is 5610. The van der Waals surface area contributed by atoms with Crippen LogP contribution in [0.2, 0.25) is 0 Å². The second-order valence-corrected chi connectivity index (χ2v) is 24.4. The normalized spacial score (nSPS) is 11.2. The van der Waals surface area contributed by atoms with E-state index in [0.29, 0.717) is 50.9 Å². The molecular formula is C90H54N8. The second kappa shape index (κ2) is 24.6. The fourth-order valence-corrected chi connectivity index (χ4v) is 14.0. The minimum absolute atomic E-state index is 0.378. The Morgan fingerprint density at radius 1 is 0.204 bits per heavy atom. The molecule has 0 aliphatic carbocycles. The van der Waals surface area contributed by atoms with E-state index in [1.54, 1.807) is 0 Å². The molecule has 98 heavy (non-hydrogen) atoms. The van der Waals surface area contributed by atoms with Gasteiger partial charge in [-0.15, -0.1) is 0 Å². The molecule has 3 heterocycles. The van der Waals surface area contributed by atoms with Crippen molar-refractivity contribution in [1.29, 1.82) is 15.8 Å². The molecule has 0 saturated heterocycles. The lowest BCUT2D eigenvalue weighted by atomic mass is 9.96. The van der Waals surface area contributed by atoms with Gasteiger partial charge in [-0.05, 0) is 169 Å². The molecule has 454 valence electrons. The largest absolute Gasteiger partial charge is 0.308 e. The van der Waals surface area contributed by atoms with Gasteiger partial charge in [0.25, 0.3) is 0 Å². The first-order chi connectivity index (χ1) is 48.4. The summed E-state index contributed by atoms with van der Waals surface area (Å²) < 4.78 is 4.65. The number of benzene rings is 14. The van der Waals surface area contributed by atoms with Crippen molar-refractivity contribution in [3.8, 4) is 142 Å². The summed E-state index contributed by atoms with van der Waals surface area (Å²) in [6, 6.07) is 120. The zero-order valence-corrected chi connectivity index (χ0v) is 52.8. The van der Waals surface area contributed by atoms with E-state index in [9.17, 15) is 15.8 Å². The molecule has 0 fully saturated rings. The van der Waals surface area contributed by atoms with Crippen LogP contribution >= 0.6 is 0 Å². The maximum atomic E-state index is 10.7. The van der Waals surface area contributed by atoms with Gasteiger partial charge in [0.15, 0.2) is 17.5 Å². The van der Waals surface area contributed by atoms with Gasteiger partial charge in [0, 0.05) is 38.2 Å². The van der Waals surface area contributed by atoms with Crippen LogP contribution in [-0.2, 0) is 0 Å². The molecule has 0 N–H and O–H groups in total. The molecule has 0 spiro atoms. The maximum Gasteiger partial charge on any atom is 0.166 e. The summed E-state index contributed by atoms with van der Waals surface area (Å²) in [5, 5.41) is 36.0. The van der Waals surface area contributed by atoms with Crippen molar-refractivity contribution in [2.75, 3.05) is 0 Å². The molecule has 3 aromatic heterocycles. The zero-order valence-electron chi connectivity index (χ0n) is 52.8. The van der Waals surface area contributed by atoms with E-state index in [1.807, 2.05) is 121 Å². The summed E-state index contributed by atoms with van der Waals surface area (Å²) in [5.41, 5.74) is 22.8. The molecule has 0 radical (unpaired) electrons. The molecular weight excluding hydrogens is 1190 g/mol. The predicted octanol–water partition coefficient (Wildman–Crippen LogP) is 22.4. The van der Waals surface area contributed by atoms with Crippen LogP contribution in [0.3, 0.4) is 0 Å². The van der Waals surface area contributed by atoms with E-state index in [-0.39, 0.29) is 0 Å². The molecule has 0 bridgehead atoms. The average molecular weight is 1250 g/mol. The summed E-state index contributed by atoms with van der Waals surface area (Å²) in [7, 11) is 0. The Hall–Kier alpha value is -13.8. The van der Waals surface area contributed by atoms with Crippen molar-refractivity contribution >= 4 is 43.6 Å². The third-order valence-corrected chi connectivity index (χ3v) is 18.8. The number of hydrogen-bond donors (Lipinski definition) is 0. The summed E-state index contributed by atoms with van der Waals surface area (Å²) in [5.74, 6) is 1.16. The molecule has 0 aliphatic heterocycles. The summed E-state index contributed by atoms with van der Waals surface area (Å²) in [6.45, 7) is 0. The standard InChI is InChI=1S/C90H54N8/c91-55-70-27-13-16-30-73(70)62-33-35-63(36-34-62)88-94-89(80-53-68(74-31-17-14-28-71(74)56-92)41-47-86(80)97-82-43-37-64(58-19-5-1-6-20-58)49-76(82)77-50-65(38-44-83(77)97)59-21-7-2-8-22-59)96-90(95-88)81-54-69(75-32-18-15-29-72(75)57-93)42-48-87(81)98-84-45-39-66(60-23-9-3-10-24-60)51-78(84)79-52-67(40-46-85(79)98)61-25-11-4-12-26-61/h1-54H. The number of nitriles is 3. The first-order valence-electron chi connectivity index (χ1n) is 32.5. The van der Waals surface area contributed by atoms with Gasteiger partial charge in [-0.1, -0.05) is 237 Å². The molecule has 0 saturated carbocycles. The molecule has 0 amide bonds. The van der Waals surface area contributed by atoms with Crippen LogP contribution in [0.1, 0.15) is 16.7 Å². The van der Waals surface area contributed by atoms with Gasteiger partial charge in [-0.3, -0.25) is 0 Å². The quantitative estimate of drug-likeness (QED) is 0.120. The molecule has 17 rings (SSSR count). The highest BCUT2D eigenvalue weighted by Crippen LogP contribution is 2.45. The Balaban J connectivity index is 0.971. The van der Waals surface area contributed by atoms with Gasteiger partial charge in [-0.25, -0.2) is 15.0 Å². The first-order valence-corrected chi connectivity index (χ1v) is 32.5. The lowest BCUT2D eigenvalue weighted by molar-refractivity contribution is 1.06. The summed E-state index contributed by atoms with van der Waals surface area (Å²) >= 11 is 0. The highest BCUT2D eigenvalue weighted by atomic mass is 15.1. The second-order valence-electron chi connectivity index (χ2n) is 24.4. The van der Waals surface area contributed by atoms with E-state index in [4.69, 9.17) is 15.0 Å². The van der Waals surface area contributed by atoms with Crippen LogP contribution in [0, 0.1) is 34.0 Å². The molecule has 8 heteroatoms. The minimum Gasteiger partial charge on any atom is -0.308 e. The highest BCUT2D eigenvalue weighted by Gasteiger charge is 2.26. The SMILES string of the molecule is N#Cc1ccccc1-c1ccc(-c2nc(-c3cc(-c4ccccc4C#N)ccc3-n3c4ccc(-c5ccccc5)cc4c4cc(-c5ccccc5)ccc43)nc(-c3cc(-c4ccccc4C#N)ccc3-n3c4ccc(-c5ccccc5)cc4c4cc(-c5ccccc5)ccc43)n2)cc1. The lowest BCUT2D eigenvalue weighted by Gasteiger charge is -2.19. The number of aromatic nitrogens is 5. The van der Waals surface area contributed by atoms with Crippen LogP contribution in [0.4, 0.5) is 0 Å². The predicted molar refractivity (Wildman–Crippen MR) is 397 cm³/mol. The molecule has 8 nitrogen and oxygen atoms in total. The van der Waals surface area contributed by atoms with Crippen molar-refractivity contribution in [1.82, 2.24) is 24.1 Å². The van der Waals surface area contributed by atoms with Crippen LogP contribution in [0.15, 0.2) is 328 Å². The lowest BCUT2D eigenvalue weighted by Crippen LogP contribution is -2.06. The maximum absolute atomic E-state index is 10.7. The van der Waals surface area contributed by atoms with Gasteiger partial charge in [-0.2, -0.15) is 15.8 Å². The Kier molecular flexibility index (Phi) is 14.5. The van der Waals surface area contributed by atoms with E-state index in [2.05, 4.69) is 234 Å². The molecule has 0 atom stereocenters. The number of rotatable bonds is 12. The Labute approximate surface area is 566 Å². The summed E-state index contributed by atoms with van der Waals surface area (Å²) in [6.07, 6.45) is 0. The van der Waals surface area contributed by atoms with Crippen LogP contribution in [0.5, 0.6) is 0 Å². The van der Waals surface area contributed by atoms with E-state index >= 15 is 0 Å². The van der Waals surface area contributed by atoms with Crippen molar-refractivity contribution in [3.63, 3.8) is 0 Å². The van der Waals surface area contributed by atoms with Crippen molar-refractivity contribution in [2.24, 2.45) is 0 Å². The Morgan fingerprint density at radius 2 is 0.469 bits per heavy atom. The third kappa shape index (κ3) is 10.3. The molecule has 0 aliphatic rings. The number of fused-ring (bicyclic) bond motifs is 6. The molecule has 0 unspecified atom stereocenters. The fourth-order valence-electron chi connectivity index (χ4n) is 14.0. The van der Waals surface area contributed by atoms with Gasteiger partial charge in [0.1, 0.15) is 0 Å². The third-order valence-electron chi connectivity index (χ3n) is 18.8. The first kappa shape index (κ1) is 58.0. The minimum atomic E-state index is 0.378. The smallest absolute Gasteiger partial charge is 0.166 e. The fraction of sp³-hybridized carbons (Fsp3) is 0. The van der Waals surface area contributed by atoms with E-state index in [0.717, 1.165) is 133 Å². The Morgan fingerprint density at radius 3 is 0.796 bits per heavy atom. The van der Waals surface area contributed by atoms with Crippen molar-refractivity contribution in [3.05, 3.63) is 344 Å². The van der Waals surface area contributed by atoms with Crippen molar-refractivity contribution in [2.45, 2.75) is 0 Å².